The van der Waals surface area contributed by atoms with Gasteiger partial charge in [0.2, 0.25) is 5.91 Å². The Hall–Kier alpha value is -1.23. The van der Waals surface area contributed by atoms with Gasteiger partial charge < -0.3 is 10.6 Å². The second kappa shape index (κ2) is 5.40. The van der Waals surface area contributed by atoms with E-state index in [1.54, 1.807) is 12.3 Å². The van der Waals surface area contributed by atoms with Gasteiger partial charge in [-0.25, -0.2) is 0 Å². The number of anilines is 1. The van der Waals surface area contributed by atoms with Crippen molar-refractivity contribution in [2.75, 3.05) is 23.8 Å². The number of nitrogen functional groups attached to an aromatic ring is 1. The highest BCUT2D eigenvalue weighted by atomic mass is 32.2. The number of hydrogen-bond donors (Lipinski definition) is 1. The topological polar surface area (TPSA) is 59.2 Å². The van der Waals surface area contributed by atoms with E-state index < -0.39 is 0 Å². The Morgan fingerprint density at radius 2 is 2.47 bits per heavy atom. The summed E-state index contributed by atoms with van der Waals surface area (Å²) in [5.74, 6) is 2.22. The van der Waals surface area contributed by atoms with Gasteiger partial charge in [-0.2, -0.15) is 11.8 Å². The fourth-order valence-electron chi connectivity index (χ4n) is 1.89. The van der Waals surface area contributed by atoms with Crippen molar-refractivity contribution in [3.05, 3.63) is 24.0 Å². The Morgan fingerprint density at radius 1 is 1.65 bits per heavy atom. The van der Waals surface area contributed by atoms with Crippen molar-refractivity contribution in [1.82, 2.24) is 9.88 Å². The second-order valence-corrected chi connectivity index (χ2v) is 5.42. The minimum absolute atomic E-state index is 0.162. The van der Waals surface area contributed by atoms with Gasteiger partial charge >= 0.3 is 0 Å². The predicted octanol–water partition coefficient (Wildman–Crippen LogP) is 1.17. The molecule has 5 heteroatoms. The van der Waals surface area contributed by atoms with Crippen molar-refractivity contribution in [2.24, 2.45) is 0 Å². The number of pyridine rings is 1. The molecule has 1 saturated heterocycles. The number of carbonyl (C=O) groups excluding carboxylic acids is 1. The van der Waals surface area contributed by atoms with E-state index in [9.17, 15) is 4.79 Å². The second-order valence-electron chi connectivity index (χ2n) is 4.27. The van der Waals surface area contributed by atoms with E-state index in [0.717, 1.165) is 23.7 Å². The number of rotatable bonds is 2. The van der Waals surface area contributed by atoms with Crippen LogP contribution in [0.1, 0.15) is 12.6 Å². The van der Waals surface area contributed by atoms with E-state index in [-0.39, 0.29) is 5.91 Å². The summed E-state index contributed by atoms with van der Waals surface area (Å²) in [6.45, 7) is 2.94. The minimum atomic E-state index is 0.162. The quantitative estimate of drug-likeness (QED) is 0.857. The van der Waals surface area contributed by atoms with Crippen molar-refractivity contribution in [3.8, 4) is 0 Å². The highest BCUT2D eigenvalue weighted by Crippen LogP contribution is 2.17. The van der Waals surface area contributed by atoms with Crippen LogP contribution in [0.2, 0.25) is 0 Å². The van der Waals surface area contributed by atoms with Crippen molar-refractivity contribution >= 4 is 23.4 Å². The van der Waals surface area contributed by atoms with Crippen LogP contribution in [0.5, 0.6) is 0 Å². The lowest BCUT2D eigenvalue weighted by molar-refractivity contribution is -0.131. The van der Waals surface area contributed by atoms with Crippen LogP contribution in [-0.4, -0.2) is 39.9 Å². The van der Waals surface area contributed by atoms with Crippen LogP contribution in [0.15, 0.2) is 18.3 Å². The summed E-state index contributed by atoms with van der Waals surface area (Å²) in [5, 5.41) is 0. The minimum Gasteiger partial charge on any atom is -0.397 e. The molecule has 1 unspecified atom stereocenters. The van der Waals surface area contributed by atoms with Gasteiger partial charge in [-0.3, -0.25) is 9.78 Å². The van der Waals surface area contributed by atoms with E-state index in [2.05, 4.69) is 11.9 Å². The molecule has 1 aromatic rings. The summed E-state index contributed by atoms with van der Waals surface area (Å²) in [4.78, 5) is 18.2. The van der Waals surface area contributed by atoms with Crippen LogP contribution in [-0.2, 0) is 11.2 Å². The summed E-state index contributed by atoms with van der Waals surface area (Å²) in [5.41, 5.74) is 6.98. The molecule has 1 aliphatic rings. The Balaban J connectivity index is 1.98. The van der Waals surface area contributed by atoms with Gasteiger partial charge in [0, 0.05) is 29.8 Å². The van der Waals surface area contributed by atoms with Gasteiger partial charge in [0.15, 0.2) is 0 Å². The highest BCUT2D eigenvalue weighted by molar-refractivity contribution is 7.99. The summed E-state index contributed by atoms with van der Waals surface area (Å²) in [7, 11) is 0. The molecule has 1 atom stereocenters. The van der Waals surface area contributed by atoms with Crippen molar-refractivity contribution in [1.29, 1.82) is 0 Å². The molecule has 92 valence electrons. The zero-order valence-corrected chi connectivity index (χ0v) is 10.7. The first-order valence-electron chi connectivity index (χ1n) is 5.74. The average molecular weight is 251 g/mol. The number of aromatic nitrogens is 1. The molecule has 1 aromatic heterocycles. The van der Waals surface area contributed by atoms with Crippen LogP contribution < -0.4 is 5.73 Å². The highest BCUT2D eigenvalue weighted by Gasteiger charge is 2.23. The maximum atomic E-state index is 12.1. The van der Waals surface area contributed by atoms with Crippen molar-refractivity contribution in [2.45, 2.75) is 19.4 Å². The summed E-state index contributed by atoms with van der Waals surface area (Å²) in [6, 6.07) is 3.93. The molecular formula is C12H17N3OS. The molecule has 0 spiro atoms. The molecule has 1 fully saturated rings. The molecule has 17 heavy (non-hydrogen) atoms. The number of amides is 1. The molecule has 2 N–H and O–H groups in total. The lowest BCUT2D eigenvalue weighted by Crippen LogP contribution is -2.45. The molecular weight excluding hydrogens is 234 g/mol. The van der Waals surface area contributed by atoms with Crippen molar-refractivity contribution in [3.63, 3.8) is 0 Å². The zero-order chi connectivity index (χ0) is 12.3. The summed E-state index contributed by atoms with van der Waals surface area (Å²) in [6.07, 6.45) is 1.97. The van der Waals surface area contributed by atoms with Gasteiger partial charge in [0.25, 0.3) is 0 Å². The third-order valence-electron chi connectivity index (χ3n) is 2.87. The number of hydrogen-bond acceptors (Lipinski definition) is 4. The van der Waals surface area contributed by atoms with Crippen LogP contribution >= 0.6 is 11.8 Å². The fourth-order valence-corrected chi connectivity index (χ4v) is 2.91. The molecule has 2 rings (SSSR count). The van der Waals surface area contributed by atoms with Gasteiger partial charge in [0.1, 0.15) is 0 Å². The summed E-state index contributed by atoms with van der Waals surface area (Å²) < 4.78 is 0. The Labute approximate surface area is 106 Å². The lowest BCUT2D eigenvalue weighted by atomic mass is 10.2. The third kappa shape index (κ3) is 3.12. The first-order chi connectivity index (χ1) is 8.16. The molecule has 1 aliphatic heterocycles. The zero-order valence-electron chi connectivity index (χ0n) is 9.93. The molecule has 0 aliphatic carbocycles. The molecule has 0 saturated carbocycles. The number of nitrogens with zero attached hydrogens (tertiary/aromatic N) is 2. The van der Waals surface area contributed by atoms with E-state index in [4.69, 9.17) is 5.73 Å². The SMILES string of the molecule is CC1CSCCN1C(=O)Cc1ccc(N)cn1. The van der Waals surface area contributed by atoms with Gasteiger partial charge in [0.05, 0.1) is 18.3 Å². The fraction of sp³-hybridized carbons (Fsp3) is 0.500. The number of nitrogens with two attached hydrogens (primary N) is 1. The predicted molar refractivity (Wildman–Crippen MR) is 70.9 cm³/mol. The van der Waals surface area contributed by atoms with E-state index >= 15 is 0 Å². The molecule has 0 aromatic carbocycles. The maximum Gasteiger partial charge on any atom is 0.228 e. The molecule has 0 bridgehead atoms. The monoisotopic (exact) mass is 251 g/mol. The molecule has 0 radical (unpaired) electrons. The van der Waals surface area contributed by atoms with Gasteiger partial charge in [-0.1, -0.05) is 0 Å². The standard InChI is InChI=1S/C12H17N3OS/c1-9-8-17-5-4-15(9)12(16)6-11-3-2-10(13)7-14-11/h2-3,7,9H,4-6,8,13H2,1H3. The maximum absolute atomic E-state index is 12.1. The number of thioether (sulfide) groups is 1. The lowest BCUT2D eigenvalue weighted by Gasteiger charge is -2.33. The molecule has 2 heterocycles. The molecule has 1 amide bonds. The number of carbonyl (C=O) groups is 1. The van der Waals surface area contributed by atoms with Crippen LogP contribution in [0, 0.1) is 0 Å². The smallest absolute Gasteiger partial charge is 0.228 e. The van der Waals surface area contributed by atoms with Gasteiger partial charge in [-0.05, 0) is 19.1 Å². The van der Waals surface area contributed by atoms with Gasteiger partial charge in [-0.15, -0.1) is 0 Å². The Kier molecular flexibility index (Phi) is 3.89. The third-order valence-corrected chi connectivity index (χ3v) is 4.06. The van der Waals surface area contributed by atoms with Crippen molar-refractivity contribution < 1.29 is 4.79 Å². The average Bonchev–Trinajstić information content (AvgIpc) is 2.32. The first kappa shape index (κ1) is 12.2. The molecule has 4 nitrogen and oxygen atoms in total. The first-order valence-corrected chi connectivity index (χ1v) is 6.90. The van der Waals surface area contributed by atoms with E-state index in [1.807, 2.05) is 22.7 Å². The summed E-state index contributed by atoms with van der Waals surface area (Å²) >= 11 is 1.91. The van der Waals surface area contributed by atoms with Crippen LogP contribution in [0.25, 0.3) is 0 Å². The van der Waals surface area contributed by atoms with Crippen LogP contribution in [0.3, 0.4) is 0 Å². The largest absolute Gasteiger partial charge is 0.397 e. The normalized spacial score (nSPS) is 20.3. The Bertz CT molecular complexity index is 393. The Morgan fingerprint density at radius 3 is 3.12 bits per heavy atom. The van der Waals surface area contributed by atoms with E-state index in [1.165, 1.54) is 0 Å². The van der Waals surface area contributed by atoms with Crippen LogP contribution in [0.4, 0.5) is 5.69 Å². The van der Waals surface area contributed by atoms with E-state index in [0.29, 0.717) is 18.2 Å².